The maximum absolute atomic E-state index is 13.2. The highest BCUT2D eigenvalue weighted by molar-refractivity contribution is 7.17. The lowest BCUT2D eigenvalue weighted by Crippen LogP contribution is -2.32. The summed E-state index contributed by atoms with van der Waals surface area (Å²) in [6.45, 7) is 2.68. The number of hydrogen-bond acceptors (Lipinski definition) is 5. The third-order valence-corrected chi connectivity index (χ3v) is 5.92. The molecule has 1 aliphatic heterocycles. The van der Waals surface area contributed by atoms with Crippen molar-refractivity contribution in [2.24, 2.45) is 0 Å². The monoisotopic (exact) mass is 392 g/mol. The van der Waals surface area contributed by atoms with Gasteiger partial charge in [0.1, 0.15) is 4.88 Å². The molecule has 0 aliphatic carbocycles. The first-order valence-electron chi connectivity index (χ1n) is 9.15. The van der Waals surface area contributed by atoms with E-state index >= 15 is 0 Å². The summed E-state index contributed by atoms with van der Waals surface area (Å²) < 4.78 is 5.15. The number of carbonyl (C=O) groups excluding carboxylic acids is 2. The molecule has 0 radical (unpaired) electrons. The first-order valence-corrected chi connectivity index (χ1v) is 9.96. The zero-order valence-electron chi connectivity index (χ0n) is 15.5. The Morgan fingerprint density at radius 3 is 2.64 bits per heavy atom. The predicted molar refractivity (Wildman–Crippen MR) is 112 cm³/mol. The second-order valence-electron chi connectivity index (χ2n) is 6.53. The summed E-state index contributed by atoms with van der Waals surface area (Å²) in [4.78, 5) is 28.8. The third kappa shape index (κ3) is 3.27. The van der Waals surface area contributed by atoms with Gasteiger partial charge in [-0.15, -0.1) is 11.3 Å². The van der Waals surface area contributed by atoms with E-state index in [1.165, 1.54) is 11.3 Å². The van der Waals surface area contributed by atoms with Crippen LogP contribution in [0.15, 0.2) is 54.6 Å². The smallest absolute Gasteiger partial charge is 0.348 e. The molecule has 1 amide bonds. The summed E-state index contributed by atoms with van der Waals surface area (Å²) in [7, 11) is 0. The van der Waals surface area contributed by atoms with Crippen molar-refractivity contribution in [1.29, 1.82) is 0 Å². The number of nitrogen functional groups attached to an aromatic ring is 1. The molecule has 2 heterocycles. The van der Waals surface area contributed by atoms with E-state index < -0.39 is 0 Å². The highest BCUT2D eigenvalue weighted by atomic mass is 32.1. The van der Waals surface area contributed by atoms with Gasteiger partial charge in [0.15, 0.2) is 0 Å². The average molecular weight is 392 g/mol. The number of rotatable bonds is 3. The molecule has 5 nitrogen and oxygen atoms in total. The number of thiophene rings is 1. The molecule has 142 valence electrons. The van der Waals surface area contributed by atoms with Crippen LogP contribution >= 0.6 is 11.3 Å². The Balaban J connectivity index is 1.75. The zero-order chi connectivity index (χ0) is 19.7. The first kappa shape index (κ1) is 18.3. The van der Waals surface area contributed by atoms with E-state index in [0.29, 0.717) is 35.7 Å². The molecule has 2 aromatic carbocycles. The maximum atomic E-state index is 13.2. The number of hydrogen-bond donors (Lipinski definition) is 1. The van der Waals surface area contributed by atoms with Gasteiger partial charge in [-0.1, -0.05) is 18.2 Å². The normalized spacial score (nSPS) is 12.7. The fourth-order valence-electron chi connectivity index (χ4n) is 3.39. The van der Waals surface area contributed by atoms with Crippen LogP contribution in [0.5, 0.6) is 0 Å². The highest BCUT2D eigenvalue weighted by Gasteiger charge is 2.27. The molecule has 0 bridgehead atoms. The number of benzene rings is 2. The van der Waals surface area contributed by atoms with Gasteiger partial charge in [-0.3, -0.25) is 4.79 Å². The quantitative estimate of drug-likeness (QED) is 0.530. The van der Waals surface area contributed by atoms with Gasteiger partial charge in [0, 0.05) is 28.2 Å². The van der Waals surface area contributed by atoms with E-state index in [4.69, 9.17) is 10.5 Å². The minimum absolute atomic E-state index is 0.0618. The molecule has 0 fully saturated rings. The van der Waals surface area contributed by atoms with Crippen LogP contribution in [0, 0.1) is 0 Å². The second kappa shape index (κ2) is 7.48. The average Bonchev–Trinajstić information content (AvgIpc) is 3.07. The molecule has 1 aliphatic rings. The lowest BCUT2D eigenvalue weighted by molar-refractivity contribution is 0.0532. The molecule has 0 unspecified atom stereocenters. The number of esters is 1. The van der Waals surface area contributed by atoms with Gasteiger partial charge in [-0.05, 0) is 55.3 Å². The number of nitrogens with two attached hydrogens (primary N) is 1. The molecule has 0 spiro atoms. The van der Waals surface area contributed by atoms with E-state index in [2.05, 4.69) is 0 Å². The molecule has 0 atom stereocenters. The van der Waals surface area contributed by atoms with Gasteiger partial charge < -0.3 is 15.4 Å². The summed E-state index contributed by atoms with van der Waals surface area (Å²) in [5.74, 6) is -0.360. The van der Waals surface area contributed by atoms with Crippen LogP contribution in [0.4, 0.5) is 11.4 Å². The Kier molecular flexibility index (Phi) is 4.88. The molecule has 4 rings (SSSR count). The molecule has 6 heteroatoms. The predicted octanol–water partition coefficient (Wildman–Crippen LogP) is 4.38. The molecule has 2 N–H and O–H groups in total. The van der Waals surface area contributed by atoms with Crippen LogP contribution in [-0.2, 0) is 11.2 Å². The van der Waals surface area contributed by atoms with Gasteiger partial charge in [-0.25, -0.2) is 4.79 Å². The van der Waals surface area contributed by atoms with Crippen LogP contribution in [0.25, 0.3) is 10.4 Å². The number of nitrogens with zero attached hydrogens (tertiary/aromatic N) is 1. The minimum Gasteiger partial charge on any atom is -0.462 e. The van der Waals surface area contributed by atoms with Crippen molar-refractivity contribution in [3.05, 3.63) is 70.6 Å². The van der Waals surface area contributed by atoms with Crippen LogP contribution in [0.3, 0.4) is 0 Å². The summed E-state index contributed by atoms with van der Waals surface area (Å²) >= 11 is 1.42. The SMILES string of the molecule is CCOC(=O)c1cc2c(s1)-c1ccccc1N(C(=O)c1ccc(N)cc1)CC2. The van der Waals surface area contributed by atoms with Gasteiger partial charge in [0.05, 0.1) is 12.3 Å². The number of ether oxygens (including phenoxy) is 1. The van der Waals surface area contributed by atoms with Crippen LogP contribution < -0.4 is 10.6 Å². The maximum Gasteiger partial charge on any atom is 0.348 e. The summed E-state index contributed by atoms with van der Waals surface area (Å²) in [5, 5.41) is 0. The van der Waals surface area contributed by atoms with Crippen molar-refractivity contribution in [3.8, 4) is 10.4 Å². The van der Waals surface area contributed by atoms with Gasteiger partial charge in [-0.2, -0.15) is 0 Å². The van der Waals surface area contributed by atoms with Crippen molar-refractivity contribution >= 4 is 34.6 Å². The topological polar surface area (TPSA) is 72.6 Å². The number of fused-ring (bicyclic) bond motifs is 3. The Morgan fingerprint density at radius 2 is 1.89 bits per heavy atom. The number of carbonyl (C=O) groups is 2. The Labute approximate surface area is 167 Å². The van der Waals surface area contributed by atoms with Crippen LogP contribution in [0.2, 0.25) is 0 Å². The van der Waals surface area contributed by atoms with E-state index in [9.17, 15) is 9.59 Å². The van der Waals surface area contributed by atoms with E-state index in [1.807, 2.05) is 30.3 Å². The highest BCUT2D eigenvalue weighted by Crippen LogP contribution is 2.41. The third-order valence-electron chi connectivity index (χ3n) is 4.73. The number of amides is 1. The first-order chi connectivity index (χ1) is 13.6. The van der Waals surface area contributed by atoms with Crippen molar-refractivity contribution in [3.63, 3.8) is 0 Å². The number of para-hydroxylation sites is 1. The van der Waals surface area contributed by atoms with Crippen molar-refractivity contribution in [2.75, 3.05) is 23.8 Å². The molecule has 0 saturated heterocycles. The summed E-state index contributed by atoms with van der Waals surface area (Å²) in [5.41, 5.74) is 9.84. The fourth-order valence-corrected chi connectivity index (χ4v) is 4.53. The summed E-state index contributed by atoms with van der Waals surface area (Å²) in [6, 6.07) is 16.7. The lowest BCUT2D eigenvalue weighted by atomic mass is 10.1. The lowest BCUT2D eigenvalue weighted by Gasteiger charge is -2.23. The van der Waals surface area contributed by atoms with Crippen molar-refractivity contribution in [1.82, 2.24) is 0 Å². The van der Waals surface area contributed by atoms with Crippen molar-refractivity contribution in [2.45, 2.75) is 13.3 Å². The van der Waals surface area contributed by atoms with Gasteiger partial charge in [0.2, 0.25) is 0 Å². The van der Waals surface area contributed by atoms with E-state index in [-0.39, 0.29) is 11.9 Å². The number of anilines is 2. The van der Waals surface area contributed by atoms with Crippen molar-refractivity contribution < 1.29 is 14.3 Å². The van der Waals surface area contributed by atoms with E-state index in [1.54, 1.807) is 36.1 Å². The van der Waals surface area contributed by atoms with Crippen LogP contribution in [-0.4, -0.2) is 25.0 Å². The molecule has 1 aromatic heterocycles. The standard InChI is InChI=1S/C22H20N2O3S/c1-2-27-22(26)19-13-15-11-12-24(21(25)14-7-9-16(23)10-8-14)18-6-4-3-5-17(18)20(15)28-19/h3-10,13H,2,11-12,23H2,1H3. The van der Waals surface area contributed by atoms with Gasteiger partial charge >= 0.3 is 5.97 Å². The molecule has 3 aromatic rings. The Morgan fingerprint density at radius 1 is 1.14 bits per heavy atom. The fraction of sp³-hybridized carbons (Fsp3) is 0.182. The van der Waals surface area contributed by atoms with Gasteiger partial charge in [0.25, 0.3) is 5.91 Å². The Hall–Kier alpha value is -3.12. The Bertz CT molecular complexity index is 1040. The zero-order valence-corrected chi connectivity index (χ0v) is 16.3. The molecular formula is C22H20N2O3S. The molecule has 0 saturated carbocycles. The minimum atomic E-state index is -0.298. The molecular weight excluding hydrogens is 372 g/mol. The molecule has 28 heavy (non-hydrogen) atoms. The van der Waals surface area contributed by atoms with E-state index in [0.717, 1.165) is 21.7 Å². The summed E-state index contributed by atoms with van der Waals surface area (Å²) in [6.07, 6.45) is 0.667. The second-order valence-corrected chi connectivity index (χ2v) is 7.58. The largest absolute Gasteiger partial charge is 0.462 e. The van der Waals surface area contributed by atoms with Crippen LogP contribution in [0.1, 0.15) is 32.5 Å².